The Morgan fingerprint density at radius 1 is 1.18 bits per heavy atom. The van der Waals surface area contributed by atoms with E-state index in [1.54, 1.807) is 65.8 Å². The van der Waals surface area contributed by atoms with Crippen molar-refractivity contribution in [3.8, 4) is 11.5 Å². The van der Waals surface area contributed by atoms with Crippen molar-refractivity contribution in [2.75, 3.05) is 10.7 Å². The number of aromatic nitrogens is 2. The van der Waals surface area contributed by atoms with Crippen LogP contribution in [0.4, 0.5) is 10.5 Å². The molecule has 0 saturated heterocycles. The minimum atomic E-state index is -4.06. The summed E-state index contributed by atoms with van der Waals surface area (Å²) in [6.45, 7) is 10.1. The second-order valence-electron chi connectivity index (χ2n) is 11.3. The van der Waals surface area contributed by atoms with Gasteiger partial charge in [0, 0.05) is 10.6 Å². The van der Waals surface area contributed by atoms with E-state index >= 15 is 0 Å². The average molecular weight is 590 g/mol. The molecule has 11 nitrogen and oxygen atoms in total. The Balaban J connectivity index is 1.85. The number of hydrogen-bond acceptors (Lipinski definition) is 9. The summed E-state index contributed by atoms with van der Waals surface area (Å²) < 4.78 is 38.4. The van der Waals surface area contributed by atoms with E-state index in [9.17, 15) is 18.0 Å². The van der Waals surface area contributed by atoms with E-state index in [0.29, 0.717) is 21.7 Å². The first-order valence-corrected chi connectivity index (χ1v) is 14.5. The molecule has 1 aliphatic heterocycles. The van der Waals surface area contributed by atoms with Crippen LogP contribution in [0.1, 0.15) is 51.6 Å². The number of anilines is 1. The first kappa shape index (κ1) is 29.5. The number of amides is 2. The van der Waals surface area contributed by atoms with Gasteiger partial charge in [-0.25, -0.2) is 13.2 Å². The molecule has 1 aromatic heterocycles. The maximum atomic E-state index is 13.9. The van der Waals surface area contributed by atoms with Crippen molar-refractivity contribution in [1.29, 1.82) is 0 Å². The van der Waals surface area contributed by atoms with Crippen LogP contribution in [-0.4, -0.2) is 48.0 Å². The highest BCUT2D eigenvalue weighted by atomic mass is 35.5. The van der Waals surface area contributed by atoms with E-state index in [-0.39, 0.29) is 28.9 Å². The van der Waals surface area contributed by atoms with Crippen molar-refractivity contribution in [3.05, 3.63) is 58.4 Å². The molecule has 0 unspecified atom stereocenters. The number of fused-ring (bicyclic) bond motifs is 1. The Labute approximate surface area is 238 Å². The van der Waals surface area contributed by atoms with E-state index < -0.39 is 44.8 Å². The molecule has 2 amide bonds. The van der Waals surface area contributed by atoms with Crippen LogP contribution in [0.15, 0.2) is 45.7 Å². The third-order valence-electron chi connectivity index (χ3n) is 6.03. The molecule has 40 heavy (non-hydrogen) atoms. The number of sulfone groups is 1. The fourth-order valence-electron chi connectivity index (χ4n) is 4.13. The number of nitrogens with two attached hydrogens (primary N) is 1. The largest absolute Gasteiger partial charge is 0.444 e. The van der Waals surface area contributed by atoms with Crippen molar-refractivity contribution in [1.82, 2.24) is 15.5 Å². The van der Waals surface area contributed by atoms with E-state index in [4.69, 9.17) is 26.5 Å². The van der Waals surface area contributed by atoms with Crippen molar-refractivity contribution < 1.29 is 27.2 Å². The van der Waals surface area contributed by atoms with Gasteiger partial charge in [0.05, 0.1) is 28.4 Å². The number of nitrogens with one attached hydrogen (secondary N) is 1. The topological polar surface area (TPSA) is 158 Å². The molecule has 214 valence electrons. The number of hydrogen-bond donors (Lipinski definition) is 2. The molecule has 3 aromatic rings. The first-order chi connectivity index (χ1) is 18.4. The minimum absolute atomic E-state index is 0.00155. The quantitative estimate of drug-likeness (QED) is 0.447. The Bertz CT molecular complexity index is 1560. The van der Waals surface area contributed by atoms with Crippen LogP contribution in [0.25, 0.3) is 11.5 Å². The molecule has 1 aliphatic rings. The van der Waals surface area contributed by atoms with Gasteiger partial charge in [0.2, 0.25) is 11.8 Å². The molecular weight excluding hydrogens is 558 g/mol. The molecule has 0 fully saturated rings. The maximum absolute atomic E-state index is 13.9. The van der Waals surface area contributed by atoms with Gasteiger partial charge in [0.25, 0.3) is 5.91 Å². The molecule has 0 radical (unpaired) electrons. The minimum Gasteiger partial charge on any atom is -0.444 e. The highest BCUT2D eigenvalue weighted by Gasteiger charge is 2.40. The summed E-state index contributed by atoms with van der Waals surface area (Å²) in [7, 11) is -4.06. The van der Waals surface area contributed by atoms with E-state index in [0.717, 1.165) is 0 Å². The third kappa shape index (κ3) is 6.45. The van der Waals surface area contributed by atoms with Crippen molar-refractivity contribution in [2.45, 2.75) is 70.2 Å². The number of aryl methyl sites for hydroxylation is 1. The maximum Gasteiger partial charge on any atom is 0.408 e. The molecule has 2 heterocycles. The van der Waals surface area contributed by atoms with Gasteiger partial charge >= 0.3 is 6.09 Å². The zero-order valence-corrected chi connectivity index (χ0v) is 24.7. The number of carbonyl (C=O) groups is 2. The SMILES string of the molecule is Cc1cc2c(cc1-c1nnc(C(C)(C)N)o1)N(Cc1ccc(Cl)cc1)C(=O)[C@@H](NC(=O)OC(C)(C)C)CS2(=O)=O. The van der Waals surface area contributed by atoms with E-state index in [1.165, 1.54) is 17.0 Å². The van der Waals surface area contributed by atoms with Crippen LogP contribution in [0.5, 0.6) is 0 Å². The lowest BCUT2D eigenvalue weighted by Crippen LogP contribution is -2.51. The van der Waals surface area contributed by atoms with Gasteiger partial charge in [-0.05, 0) is 76.9 Å². The van der Waals surface area contributed by atoms with Crippen molar-refractivity contribution in [2.24, 2.45) is 5.73 Å². The standard InChI is InChI=1S/C27H32ClN5O6S/c1-15-11-21-20(12-18(15)22-31-32-24(38-22)27(5,6)29)33(13-16-7-9-17(28)10-8-16)23(34)19(14-40(21,36)37)30-25(35)39-26(2,3)4/h7-12,19H,13-14,29H2,1-6H3,(H,30,35)/t19-/m0/s1. The normalized spacial score (nSPS) is 17.2. The fraction of sp³-hybridized carbons (Fsp3) is 0.407. The van der Waals surface area contributed by atoms with Gasteiger partial charge < -0.3 is 25.1 Å². The van der Waals surface area contributed by atoms with Gasteiger partial charge in [-0.1, -0.05) is 23.7 Å². The van der Waals surface area contributed by atoms with Gasteiger partial charge in [-0.2, -0.15) is 0 Å². The second kappa shape index (κ2) is 10.5. The van der Waals surface area contributed by atoms with Crippen molar-refractivity contribution in [3.63, 3.8) is 0 Å². The number of carbonyl (C=O) groups excluding carboxylic acids is 2. The molecule has 0 saturated carbocycles. The zero-order chi connectivity index (χ0) is 29.6. The molecule has 4 rings (SSSR count). The van der Waals surface area contributed by atoms with Crippen LogP contribution < -0.4 is 16.0 Å². The number of benzene rings is 2. The summed E-state index contributed by atoms with van der Waals surface area (Å²) in [5.74, 6) is -0.967. The second-order valence-corrected chi connectivity index (χ2v) is 13.7. The van der Waals surface area contributed by atoms with E-state index in [2.05, 4.69) is 15.5 Å². The van der Waals surface area contributed by atoms with Crippen LogP contribution in [-0.2, 0) is 31.5 Å². The number of halogens is 1. The first-order valence-electron chi connectivity index (χ1n) is 12.5. The number of nitrogens with zero attached hydrogens (tertiary/aromatic N) is 3. The van der Waals surface area contributed by atoms with Crippen molar-refractivity contribution >= 4 is 39.1 Å². The van der Waals surface area contributed by atoms with Crippen LogP contribution in [0.2, 0.25) is 5.02 Å². The number of ether oxygens (including phenoxy) is 1. The molecule has 0 aliphatic carbocycles. The molecule has 3 N–H and O–H groups in total. The average Bonchev–Trinajstić information content (AvgIpc) is 3.30. The summed E-state index contributed by atoms with van der Waals surface area (Å²) in [4.78, 5) is 27.8. The summed E-state index contributed by atoms with van der Waals surface area (Å²) >= 11 is 6.05. The Morgan fingerprint density at radius 3 is 2.40 bits per heavy atom. The predicted molar refractivity (Wildman–Crippen MR) is 150 cm³/mol. The lowest BCUT2D eigenvalue weighted by molar-refractivity contribution is -0.120. The van der Waals surface area contributed by atoms with Crippen LogP contribution in [0, 0.1) is 6.92 Å². The summed E-state index contributed by atoms with van der Waals surface area (Å²) in [5, 5.41) is 11.1. The summed E-state index contributed by atoms with van der Waals surface area (Å²) in [6.07, 6.45) is -0.905. The lowest BCUT2D eigenvalue weighted by atomic mass is 10.1. The number of alkyl carbamates (subject to hydrolysis) is 1. The van der Waals surface area contributed by atoms with Gasteiger partial charge in [-0.3, -0.25) is 4.79 Å². The van der Waals surface area contributed by atoms with Crippen LogP contribution >= 0.6 is 11.6 Å². The van der Waals surface area contributed by atoms with Gasteiger partial charge in [0.15, 0.2) is 9.84 Å². The molecule has 0 bridgehead atoms. The molecule has 13 heteroatoms. The molecule has 0 spiro atoms. The van der Waals surface area contributed by atoms with Gasteiger partial charge in [-0.15, -0.1) is 10.2 Å². The fourth-order valence-corrected chi connectivity index (χ4v) is 5.94. The van der Waals surface area contributed by atoms with E-state index in [1.807, 2.05) is 0 Å². The third-order valence-corrected chi connectivity index (χ3v) is 8.05. The smallest absolute Gasteiger partial charge is 0.408 e. The molecule has 2 aromatic carbocycles. The summed E-state index contributed by atoms with van der Waals surface area (Å²) in [6, 6.07) is 8.39. The summed E-state index contributed by atoms with van der Waals surface area (Å²) in [5.41, 5.74) is 6.12. The Hall–Kier alpha value is -3.48. The lowest BCUT2D eigenvalue weighted by Gasteiger charge is -2.27. The number of rotatable bonds is 5. The Morgan fingerprint density at radius 2 is 1.82 bits per heavy atom. The highest BCUT2D eigenvalue weighted by molar-refractivity contribution is 7.91. The highest BCUT2D eigenvalue weighted by Crippen LogP contribution is 2.38. The molecular formula is C27H32ClN5O6S. The predicted octanol–water partition coefficient (Wildman–Crippen LogP) is 4.11. The monoisotopic (exact) mass is 589 g/mol. The zero-order valence-electron chi connectivity index (χ0n) is 23.1. The van der Waals surface area contributed by atoms with Gasteiger partial charge in [0.1, 0.15) is 11.6 Å². The Kier molecular flexibility index (Phi) is 7.74. The molecule has 1 atom stereocenters. The van der Waals surface area contributed by atoms with Crippen LogP contribution in [0.3, 0.4) is 0 Å².